The smallest absolute Gasteiger partial charge is 0.142 e. The van der Waals surface area contributed by atoms with Crippen molar-refractivity contribution in [3.63, 3.8) is 0 Å². The van der Waals surface area contributed by atoms with Crippen LogP contribution >= 0.6 is 11.6 Å². The molecular formula is C16H17ClF2N2. The lowest BCUT2D eigenvalue weighted by atomic mass is 9.95. The number of rotatable bonds is 4. The molecule has 0 radical (unpaired) electrons. The van der Waals surface area contributed by atoms with E-state index < -0.39 is 17.7 Å². The molecule has 0 aliphatic carbocycles. The van der Waals surface area contributed by atoms with Crippen LogP contribution in [0.2, 0.25) is 5.02 Å². The highest BCUT2D eigenvalue weighted by atomic mass is 35.5. The van der Waals surface area contributed by atoms with Crippen molar-refractivity contribution in [2.24, 2.45) is 5.84 Å². The topological polar surface area (TPSA) is 38.0 Å². The van der Waals surface area contributed by atoms with Gasteiger partial charge in [0.2, 0.25) is 0 Å². The summed E-state index contributed by atoms with van der Waals surface area (Å²) in [6.45, 7) is 4.17. The van der Waals surface area contributed by atoms with Gasteiger partial charge in [0, 0.05) is 5.56 Å². The SMILES string of the molecule is CC(C)c1ccc(C(NN)c2cc(F)c(Cl)cc2F)cc1. The molecule has 0 spiro atoms. The Morgan fingerprint density at radius 1 is 1.00 bits per heavy atom. The van der Waals surface area contributed by atoms with Crippen LogP contribution in [-0.4, -0.2) is 0 Å². The summed E-state index contributed by atoms with van der Waals surface area (Å²) < 4.78 is 27.6. The first-order valence-corrected chi connectivity index (χ1v) is 7.02. The van der Waals surface area contributed by atoms with E-state index in [2.05, 4.69) is 19.3 Å². The van der Waals surface area contributed by atoms with Crippen molar-refractivity contribution in [3.05, 3.63) is 69.7 Å². The predicted molar refractivity (Wildman–Crippen MR) is 81.1 cm³/mol. The molecule has 0 aliphatic heterocycles. The van der Waals surface area contributed by atoms with E-state index in [4.69, 9.17) is 17.4 Å². The molecule has 0 heterocycles. The third-order valence-electron chi connectivity index (χ3n) is 3.45. The maximum atomic E-state index is 14.0. The van der Waals surface area contributed by atoms with E-state index in [1.807, 2.05) is 24.3 Å². The minimum Gasteiger partial charge on any atom is -0.271 e. The Kier molecular flexibility index (Phi) is 4.93. The standard InChI is InChI=1S/C16H17ClF2N2/c1-9(2)10-3-5-11(6-4-10)16(21-20)12-7-15(19)13(17)8-14(12)18/h3-9,16,21H,20H2,1-2H3. The van der Waals surface area contributed by atoms with Gasteiger partial charge in [-0.15, -0.1) is 0 Å². The number of hydrogen-bond acceptors (Lipinski definition) is 2. The fourth-order valence-corrected chi connectivity index (χ4v) is 2.35. The second-order valence-corrected chi connectivity index (χ2v) is 5.62. The lowest BCUT2D eigenvalue weighted by Crippen LogP contribution is -2.29. The molecule has 2 nitrogen and oxygen atoms in total. The van der Waals surface area contributed by atoms with E-state index in [-0.39, 0.29) is 10.6 Å². The molecule has 1 atom stereocenters. The van der Waals surface area contributed by atoms with Gasteiger partial charge in [-0.2, -0.15) is 0 Å². The van der Waals surface area contributed by atoms with Crippen LogP contribution in [0.3, 0.4) is 0 Å². The quantitative estimate of drug-likeness (QED) is 0.502. The largest absolute Gasteiger partial charge is 0.271 e. The molecule has 0 saturated heterocycles. The van der Waals surface area contributed by atoms with Crippen molar-refractivity contribution >= 4 is 11.6 Å². The molecule has 2 rings (SSSR count). The molecule has 1 unspecified atom stereocenters. The Labute approximate surface area is 127 Å². The minimum atomic E-state index is -0.674. The summed E-state index contributed by atoms with van der Waals surface area (Å²) in [5, 5.41) is -0.248. The van der Waals surface area contributed by atoms with E-state index in [0.717, 1.165) is 23.3 Å². The highest BCUT2D eigenvalue weighted by Crippen LogP contribution is 2.28. The summed E-state index contributed by atoms with van der Waals surface area (Å²) in [4.78, 5) is 0. The van der Waals surface area contributed by atoms with Crippen molar-refractivity contribution in [2.45, 2.75) is 25.8 Å². The Morgan fingerprint density at radius 2 is 1.57 bits per heavy atom. The monoisotopic (exact) mass is 310 g/mol. The Bertz CT molecular complexity index is 627. The highest BCUT2D eigenvalue weighted by molar-refractivity contribution is 6.30. The summed E-state index contributed by atoms with van der Waals surface area (Å²) in [7, 11) is 0. The molecule has 0 aromatic heterocycles. The van der Waals surface area contributed by atoms with Gasteiger partial charge in [0.05, 0.1) is 11.1 Å². The molecule has 0 bridgehead atoms. The first kappa shape index (κ1) is 15.9. The van der Waals surface area contributed by atoms with Gasteiger partial charge in [0.1, 0.15) is 11.6 Å². The summed E-state index contributed by atoms with van der Waals surface area (Å²) in [5.41, 5.74) is 4.56. The highest BCUT2D eigenvalue weighted by Gasteiger charge is 2.19. The Morgan fingerprint density at radius 3 is 2.10 bits per heavy atom. The van der Waals surface area contributed by atoms with E-state index in [0.29, 0.717) is 5.92 Å². The lowest BCUT2D eigenvalue weighted by Gasteiger charge is -2.19. The number of benzene rings is 2. The van der Waals surface area contributed by atoms with Crippen molar-refractivity contribution in [1.29, 1.82) is 0 Å². The molecule has 3 N–H and O–H groups in total. The maximum Gasteiger partial charge on any atom is 0.142 e. The van der Waals surface area contributed by atoms with Crippen LogP contribution < -0.4 is 11.3 Å². The average molecular weight is 311 g/mol. The zero-order valence-electron chi connectivity index (χ0n) is 11.8. The van der Waals surface area contributed by atoms with Gasteiger partial charge in [-0.3, -0.25) is 5.84 Å². The summed E-state index contributed by atoms with van der Waals surface area (Å²) in [6.07, 6.45) is 0. The number of nitrogens with one attached hydrogen (secondary N) is 1. The fraction of sp³-hybridized carbons (Fsp3) is 0.250. The molecule has 21 heavy (non-hydrogen) atoms. The number of hydrogen-bond donors (Lipinski definition) is 2. The average Bonchev–Trinajstić information content (AvgIpc) is 2.45. The second-order valence-electron chi connectivity index (χ2n) is 5.21. The molecule has 2 aromatic carbocycles. The lowest BCUT2D eigenvalue weighted by molar-refractivity contribution is 0.545. The van der Waals surface area contributed by atoms with Crippen LogP contribution in [0.15, 0.2) is 36.4 Å². The van der Waals surface area contributed by atoms with Gasteiger partial charge in [-0.05, 0) is 29.2 Å². The summed E-state index contributed by atoms with van der Waals surface area (Å²) in [6, 6.07) is 9.00. The van der Waals surface area contributed by atoms with Crippen LogP contribution in [-0.2, 0) is 0 Å². The van der Waals surface area contributed by atoms with Gasteiger partial charge >= 0.3 is 0 Å². The van der Waals surface area contributed by atoms with Gasteiger partial charge in [0.15, 0.2) is 0 Å². The van der Waals surface area contributed by atoms with Crippen LogP contribution in [0, 0.1) is 11.6 Å². The molecule has 2 aromatic rings. The van der Waals surface area contributed by atoms with Gasteiger partial charge in [0.25, 0.3) is 0 Å². The van der Waals surface area contributed by atoms with E-state index in [1.165, 1.54) is 0 Å². The summed E-state index contributed by atoms with van der Waals surface area (Å²) >= 11 is 5.57. The molecule has 0 amide bonds. The molecule has 0 saturated carbocycles. The fourth-order valence-electron chi connectivity index (χ4n) is 2.20. The number of halogens is 3. The van der Waals surface area contributed by atoms with Crippen molar-refractivity contribution in [3.8, 4) is 0 Å². The van der Waals surface area contributed by atoms with E-state index >= 15 is 0 Å². The van der Waals surface area contributed by atoms with Crippen molar-refractivity contribution < 1.29 is 8.78 Å². The number of nitrogens with two attached hydrogens (primary N) is 1. The van der Waals surface area contributed by atoms with E-state index in [9.17, 15) is 8.78 Å². The van der Waals surface area contributed by atoms with Gasteiger partial charge in [-0.1, -0.05) is 49.7 Å². The third kappa shape index (κ3) is 3.40. The molecular weight excluding hydrogens is 294 g/mol. The first-order chi connectivity index (χ1) is 9.93. The minimum absolute atomic E-state index is 0.122. The van der Waals surface area contributed by atoms with E-state index in [1.54, 1.807) is 0 Å². The van der Waals surface area contributed by atoms with Gasteiger partial charge < -0.3 is 0 Å². The molecule has 5 heteroatoms. The first-order valence-electron chi connectivity index (χ1n) is 6.64. The van der Waals surface area contributed by atoms with Crippen LogP contribution in [0.4, 0.5) is 8.78 Å². The molecule has 0 fully saturated rings. The normalized spacial score (nSPS) is 12.7. The van der Waals surface area contributed by atoms with Crippen molar-refractivity contribution in [2.75, 3.05) is 0 Å². The molecule has 112 valence electrons. The molecule has 0 aliphatic rings. The summed E-state index contributed by atoms with van der Waals surface area (Å²) in [5.74, 6) is 4.64. The Balaban J connectivity index is 2.42. The zero-order valence-corrected chi connectivity index (χ0v) is 12.6. The number of hydrazine groups is 1. The van der Waals surface area contributed by atoms with Gasteiger partial charge in [-0.25, -0.2) is 14.2 Å². The maximum absolute atomic E-state index is 14.0. The van der Waals surface area contributed by atoms with Crippen LogP contribution in [0.1, 0.15) is 42.5 Å². The Hall–Kier alpha value is -1.49. The third-order valence-corrected chi connectivity index (χ3v) is 3.74. The van der Waals surface area contributed by atoms with Crippen molar-refractivity contribution in [1.82, 2.24) is 5.43 Å². The van der Waals surface area contributed by atoms with Crippen LogP contribution in [0.5, 0.6) is 0 Å². The second kappa shape index (κ2) is 6.52. The zero-order chi connectivity index (χ0) is 15.6. The predicted octanol–water partition coefficient (Wildman–Crippen LogP) is 4.29. The van der Waals surface area contributed by atoms with Crippen LogP contribution in [0.25, 0.3) is 0 Å².